The normalized spacial score (nSPS) is 16.8. The van der Waals surface area contributed by atoms with Crippen molar-refractivity contribution in [1.82, 2.24) is 5.32 Å². The number of carbonyl (C=O) groups is 2. The Morgan fingerprint density at radius 3 is 2.60 bits per heavy atom. The molecule has 0 spiro atoms. The van der Waals surface area contributed by atoms with E-state index in [0.717, 1.165) is 0 Å². The molecule has 6 heteroatoms. The molecule has 0 fully saturated rings. The standard InChI is InChI=1S/C19H16F2N2O2/c1-11-16(21)3-2-4-17(11)23-19(25)15-10-22-18(24)9-14(15)12-5-7-13(20)8-6-12/h2-8,10,14H,9H2,1H3,(H,22,24)(H,23,25)/t14-/m0/s1. The molecule has 2 amide bonds. The van der Waals surface area contributed by atoms with E-state index in [2.05, 4.69) is 10.6 Å². The van der Waals surface area contributed by atoms with Gasteiger partial charge in [-0.25, -0.2) is 8.78 Å². The quantitative estimate of drug-likeness (QED) is 0.898. The molecule has 3 rings (SSSR count). The van der Waals surface area contributed by atoms with Gasteiger partial charge in [-0.3, -0.25) is 9.59 Å². The third-order valence-electron chi connectivity index (χ3n) is 4.20. The summed E-state index contributed by atoms with van der Waals surface area (Å²) in [7, 11) is 0. The second-order valence-electron chi connectivity index (χ2n) is 5.84. The van der Waals surface area contributed by atoms with E-state index in [4.69, 9.17) is 0 Å². The molecule has 2 aromatic rings. The highest BCUT2D eigenvalue weighted by molar-refractivity contribution is 6.06. The first-order valence-corrected chi connectivity index (χ1v) is 7.77. The first-order chi connectivity index (χ1) is 12.0. The second-order valence-corrected chi connectivity index (χ2v) is 5.84. The van der Waals surface area contributed by atoms with E-state index in [1.165, 1.54) is 30.5 Å². The van der Waals surface area contributed by atoms with E-state index >= 15 is 0 Å². The Hall–Kier alpha value is -3.02. The summed E-state index contributed by atoms with van der Waals surface area (Å²) in [6.07, 6.45) is 1.43. The van der Waals surface area contributed by atoms with Gasteiger partial charge in [0.05, 0.1) is 0 Å². The number of rotatable bonds is 3. The molecule has 1 aliphatic rings. The molecule has 4 nitrogen and oxygen atoms in total. The van der Waals surface area contributed by atoms with Gasteiger partial charge in [-0.05, 0) is 36.8 Å². The van der Waals surface area contributed by atoms with Gasteiger partial charge in [0.15, 0.2) is 0 Å². The first-order valence-electron chi connectivity index (χ1n) is 7.77. The van der Waals surface area contributed by atoms with Crippen molar-refractivity contribution in [3.8, 4) is 0 Å². The number of carbonyl (C=O) groups excluding carboxylic acids is 2. The van der Waals surface area contributed by atoms with E-state index in [1.807, 2.05) is 0 Å². The fourth-order valence-corrected chi connectivity index (χ4v) is 2.77. The number of amides is 2. The Morgan fingerprint density at radius 1 is 1.16 bits per heavy atom. The highest BCUT2D eigenvalue weighted by atomic mass is 19.1. The number of halogens is 2. The lowest BCUT2D eigenvalue weighted by atomic mass is 9.86. The fraction of sp³-hybridized carbons (Fsp3) is 0.158. The molecule has 0 aliphatic carbocycles. The van der Waals surface area contributed by atoms with Gasteiger partial charge in [-0.1, -0.05) is 18.2 Å². The second kappa shape index (κ2) is 6.84. The number of hydrogen-bond donors (Lipinski definition) is 2. The SMILES string of the molecule is Cc1c(F)cccc1NC(=O)C1=CNC(=O)C[C@H]1c1ccc(F)cc1. The van der Waals surface area contributed by atoms with Crippen LogP contribution < -0.4 is 10.6 Å². The maximum atomic E-state index is 13.6. The fourth-order valence-electron chi connectivity index (χ4n) is 2.77. The van der Waals surface area contributed by atoms with E-state index in [9.17, 15) is 18.4 Å². The van der Waals surface area contributed by atoms with Crippen LogP contribution in [0, 0.1) is 18.6 Å². The maximum Gasteiger partial charge on any atom is 0.253 e. The van der Waals surface area contributed by atoms with Crippen LogP contribution in [0.1, 0.15) is 23.5 Å². The van der Waals surface area contributed by atoms with Crippen LogP contribution in [0.3, 0.4) is 0 Å². The molecule has 0 bridgehead atoms. The van der Waals surface area contributed by atoms with Crippen LogP contribution >= 0.6 is 0 Å². The number of nitrogens with one attached hydrogen (secondary N) is 2. The number of hydrogen-bond acceptors (Lipinski definition) is 2. The molecule has 0 radical (unpaired) electrons. The predicted molar refractivity (Wildman–Crippen MR) is 89.8 cm³/mol. The van der Waals surface area contributed by atoms with Crippen LogP contribution in [0.25, 0.3) is 0 Å². The van der Waals surface area contributed by atoms with Gasteiger partial charge in [0, 0.05) is 35.4 Å². The van der Waals surface area contributed by atoms with Gasteiger partial charge in [-0.15, -0.1) is 0 Å². The third kappa shape index (κ3) is 3.57. The first kappa shape index (κ1) is 16.8. The Kier molecular flexibility index (Phi) is 4.61. The molecule has 2 aromatic carbocycles. The summed E-state index contributed by atoms with van der Waals surface area (Å²) in [5.41, 5.74) is 1.68. The zero-order valence-corrected chi connectivity index (χ0v) is 13.5. The Bertz CT molecular complexity index is 860. The molecule has 0 aromatic heterocycles. The summed E-state index contributed by atoms with van der Waals surface area (Å²) < 4.78 is 26.8. The average Bonchev–Trinajstić information content (AvgIpc) is 2.59. The predicted octanol–water partition coefficient (Wildman–Crippen LogP) is 3.40. The van der Waals surface area contributed by atoms with Crippen molar-refractivity contribution in [2.45, 2.75) is 19.3 Å². The van der Waals surface area contributed by atoms with Crippen LogP contribution in [-0.2, 0) is 9.59 Å². The molecular weight excluding hydrogens is 326 g/mol. The van der Waals surface area contributed by atoms with Crippen molar-refractivity contribution < 1.29 is 18.4 Å². The van der Waals surface area contributed by atoms with E-state index in [-0.39, 0.29) is 12.3 Å². The molecule has 1 heterocycles. The minimum Gasteiger partial charge on any atom is -0.332 e. The lowest BCUT2D eigenvalue weighted by Gasteiger charge is -2.24. The van der Waals surface area contributed by atoms with Gasteiger partial charge >= 0.3 is 0 Å². The lowest BCUT2D eigenvalue weighted by molar-refractivity contribution is -0.121. The zero-order chi connectivity index (χ0) is 18.0. The van der Waals surface area contributed by atoms with Crippen LogP contribution in [-0.4, -0.2) is 11.8 Å². The van der Waals surface area contributed by atoms with Crippen molar-refractivity contribution in [2.24, 2.45) is 0 Å². The van der Waals surface area contributed by atoms with Gasteiger partial charge in [0.1, 0.15) is 11.6 Å². The van der Waals surface area contributed by atoms with Crippen LogP contribution in [0.4, 0.5) is 14.5 Å². The van der Waals surface area contributed by atoms with Crippen molar-refractivity contribution in [3.05, 3.63) is 77.0 Å². The van der Waals surface area contributed by atoms with Crippen LogP contribution in [0.5, 0.6) is 0 Å². The van der Waals surface area contributed by atoms with E-state index in [0.29, 0.717) is 22.4 Å². The zero-order valence-electron chi connectivity index (χ0n) is 13.5. The third-order valence-corrected chi connectivity index (χ3v) is 4.20. The molecular formula is C19H16F2N2O2. The molecule has 0 unspecified atom stereocenters. The van der Waals surface area contributed by atoms with Gasteiger partial charge < -0.3 is 10.6 Å². The average molecular weight is 342 g/mol. The molecule has 128 valence electrons. The van der Waals surface area contributed by atoms with Crippen molar-refractivity contribution in [1.29, 1.82) is 0 Å². The summed E-state index contributed by atoms with van der Waals surface area (Å²) in [6, 6.07) is 10.1. The maximum absolute atomic E-state index is 13.6. The number of benzene rings is 2. The summed E-state index contributed by atoms with van der Waals surface area (Å²) in [5.74, 6) is -1.98. The van der Waals surface area contributed by atoms with E-state index in [1.54, 1.807) is 25.1 Å². The summed E-state index contributed by atoms with van der Waals surface area (Å²) in [4.78, 5) is 24.4. The highest BCUT2D eigenvalue weighted by Gasteiger charge is 2.29. The van der Waals surface area contributed by atoms with E-state index < -0.39 is 23.5 Å². The molecule has 0 saturated carbocycles. The van der Waals surface area contributed by atoms with Crippen molar-refractivity contribution >= 4 is 17.5 Å². The highest BCUT2D eigenvalue weighted by Crippen LogP contribution is 2.31. The molecule has 0 saturated heterocycles. The Morgan fingerprint density at radius 2 is 1.88 bits per heavy atom. The molecule has 1 atom stereocenters. The summed E-state index contributed by atoms with van der Waals surface area (Å²) in [5, 5.41) is 5.20. The monoisotopic (exact) mass is 342 g/mol. The Labute approximate surface area is 143 Å². The topological polar surface area (TPSA) is 58.2 Å². The van der Waals surface area contributed by atoms with Gasteiger partial charge in [0.2, 0.25) is 5.91 Å². The number of anilines is 1. The lowest BCUT2D eigenvalue weighted by Crippen LogP contribution is -2.32. The summed E-state index contributed by atoms with van der Waals surface area (Å²) >= 11 is 0. The van der Waals surface area contributed by atoms with Crippen molar-refractivity contribution in [3.63, 3.8) is 0 Å². The van der Waals surface area contributed by atoms with Crippen LogP contribution in [0.2, 0.25) is 0 Å². The summed E-state index contributed by atoms with van der Waals surface area (Å²) in [6.45, 7) is 1.57. The van der Waals surface area contributed by atoms with Crippen molar-refractivity contribution in [2.75, 3.05) is 5.32 Å². The minimum atomic E-state index is -0.497. The van der Waals surface area contributed by atoms with Gasteiger partial charge in [-0.2, -0.15) is 0 Å². The van der Waals surface area contributed by atoms with Crippen LogP contribution in [0.15, 0.2) is 54.2 Å². The molecule has 2 N–H and O–H groups in total. The largest absolute Gasteiger partial charge is 0.332 e. The molecule has 25 heavy (non-hydrogen) atoms. The molecule has 1 aliphatic heterocycles. The Balaban J connectivity index is 1.89. The van der Waals surface area contributed by atoms with Gasteiger partial charge in [0.25, 0.3) is 5.91 Å². The smallest absolute Gasteiger partial charge is 0.253 e. The minimum absolute atomic E-state index is 0.0764.